The number of hydrogen-bond acceptors (Lipinski definition) is 3. The van der Waals surface area contributed by atoms with Crippen molar-refractivity contribution in [3.8, 4) is 0 Å². The molecule has 18 heavy (non-hydrogen) atoms. The predicted molar refractivity (Wildman–Crippen MR) is 68.9 cm³/mol. The topological polar surface area (TPSA) is 49.3 Å². The van der Waals surface area contributed by atoms with Crippen LogP contribution in [-0.4, -0.2) is 29.4 Å². The van der Waals surface area contributed by atoms with Crippen LogP contribution in [0.1, 0.15) is 12.8 Å². The van der Waals surface area contributed by atoms with E-state index in [0.717, 1.165) is 17.7 Å². The fraction of sp³-hybridized carbons (Fsp3) is 0.462. The van der Waals surface area contributed by atoms with Gasteiger partial charge in [-0.05, 0) is 43.0 Å². The summed E-state index contributed by atoms with van der Waals surface area (Å²) < 4.78 is 12.7. The molecule has 0 saturated heterocycles. The summed E-state index contributed by atoms with van der Waals surface area (Å²) >= 11 is 1.39. The molecule has 2 N–H and O–H groups in total. The second-order valence-corrected chi connectivity index (χ2v) is 5.59. The van der Waals surface area contributed by atoms with Crippen molar-refractivity contribution >= 4 is 17.7 Å². The summed E-state index contributed by atoms with van der Waals surface area (Å²) in [7, 11) is 0. The van der Waals surface area contributed by atoms with E-state index in [2.05, 4.69) is 5.32 Å². The number of hydrogen-bond donors (Lipinski definition) is 2. The van der Waals surface area contributed by atoms with Crippen molar-refractivity contribution in [2.75, 3.05) is 12.3 Å². The molecule has 0 atom stereocenters. The van der Waals surface area contributed by atoms with Crippen molar-refractivity contribution in [1.82, 2.24) is 5.32 Å². The van der Waals surface area contributed by atoms with Crippen molar-refractivity contribution in [2.24, 2.45) is 5.92 Å². The SMILES string of the molecule is O=C(CSc1ccc(F)cc1)NCC1CC(O)C1. The number of thioether (sulfide) groups is 1. The molecule has 0 spiro atoms. The summed E-state index contributed by atoms with van der Waals surface area (Å²) in [5.41, 5.74) is 0. The minimum atomic E-state index is -0.271. The third-order valence-electron chi connectivity index (χ3n) is 2.98. The number of halogens is 1. The minimum Gasteiger partial charge on any atom is -0.393 e. The van der Waals surface area contributed by atoms with Crippen LogP contribution in [-0.2, 0) is 4.79 Å². The Balaban J connectivity index is 1.64. The summed E-state index contributed by atoms with van der Waals surface area (Å²) in [5.74, 6) is 0.457. The zero-order valence-corrected chi connectivity index (χ0v) is 10.8. The van der Waals surface area contributed by atoms with Gasteiger partial charge in [0.1, 0.15) is 5.82 Å². The summed E-state index contributed by atoms with van der Waals surface area (Å²) in [6.45, 7) is 0.639. The van der Waals surface area contributed by atoms with Crippen LogP contribution < -0.4 is 5.32 Å². The highest BCUT2D eigenvalue weighted by Crippen LogP contribution is 2.26. The molecule has 2 rings (SSSR count). The van der Waals surface area contributed by atoms with Crippen LogP contribution >= 0.6 is 11.8 Å². The fourth-order valence-corrected chi connectivity index (χ4v) is 2.58. The Morgan fingerprint density at radius 3 is 2.67 bits per heavy atom. The molecular formula is C13H16FNO2S. The van der Waals surface area contributed by atoms with Crippen molar-refractivity contribution in [2.45, 2.75) is 23.8 Å². The van der Waals surface area contributed by atoms with Gasteiger partial charge in [0.05, 0.1) is 11.9 Å². The highest BCUT2D eigenvalue weighted by Gasteiger charge is 2.26. The zero-order chi connectivity index (χ0) is 13.0. The highest BCUT2D eigenvalue weighted by molar-refractivity contribution is 8.00. The standard InChI is InChI=1S/C13H16FNO2S/c14-10-1-3-12(4-2-10)18-8-13(17)15-7-9-5-11(16)6-9/h1-4,9,11,16H,5-8H2,(H,15,17). The third-order valence-corrected chi connectivity index (χ3v) is 3.99. The lowest BCUT2D eigenvalue weighted by Gasteiger charge is -2.31. The molecule has 1 saturated carbocycles. The summed E-state index contributed by atoms with van der Waals surface area (Å²) in [6, 6.07) is 6.09. The molecule has 0 aromatic heterocycles. The molecule has 1 amide bonds. The van der Waals surface area contributed by atoms with Gasteiger partial charge in [-0.3, -0.25) is 4.79 Å². The van der Waals surface area contributed by atoms with Crippen molar-refractivity contribution in [3.63, 3.8) is 0 Å². The van der Waals surface area contributed by atoms with Gasteiger partial charge in [0.25, 0.3) is 0 Å². The lowest BCUT2D eigenvalue weighted by atomic mass is 9.82. The Morgan fingerprint density at radius 2 is 2.06 bits per heavy atom. The Hall–Kier alpha value is -1.07. The number of aliphatic hydroxyl groups is 1. The van der Waals surface area contributed by atoms with E-state index in [1.165, 1.54) is 23.9 Å². The predicted octanol–water partition coefficient (Wildman–Crippen LogP) is 1.80. The summed E-state index contributed by atoms with van der Waals surface area (Å²) in [6.07, 6.45) is 1.39. The number of rotatable bonds is 5. The quantitative estimate of drug-likeness (QED) is 0.801. The lowest BCUT2D eigenvalue weighted by molar-refractivity contribution is -0.119. The van der Waals surface area contributed by atoms with E-state index in [4.69, 9.17) is 5.11 Å². The van der Waals surface area contributed by atoms with Gasteiger partial charge in [0.2, 0.25) is 5.91 Å². The van der Waals surface area contributed by atoms with Crippen molar-refractivity contribution in [3.05, 3.63) is 30.1 Å². The van der Waals surface area contributed by atoms with Crippen molar-refractivity contribution in [1.29, 1.82) is 0 Å². The molecule has 1 aromatic carbocycles. The van der Waals surface area contributed by atoms with Crippen LogP contribution in [0, 0.1) is 11.7 Å². The number of benzene rings is 1. The minimum absolute atomic E-state index is 0.0225. The molecule has 0 heterocycles. The Bertz CT molecular complexity index is 404. The van der Waals surface area contributed by atoms with Crippen LogP contribution in [0.5, 0.6) is 0 Å². The smallest absolute Gasteiger partial charge is 0.230 e. The van der Waals surface area contributed by atoms with Gasteiger partial charge >= 0.3 is 0 Å². The Kier molecular flexibility index (Phi) is 4.60. The summed E-state index contributed by atoms with van der Waals surface area (Å²) in [5, 5.41) is 12.0. The van der Waals surface area contributed by atoms with E-state index in [1.54, 1.807) is 12.1 Å². The molecule has 0 aliphatic heterocycles. The van der Waals surface area contributed by atoms with Gasteiger partial charge in [0, 0.05) is 11.4 Å². The first-order valence-electron chi connectivity index (χ1n) is 5.96. The van der Waals surface area contributed by atoms with Crippen LogP contribution in [0.3, 0.4) is 0 Å². The maximum absolute atomic E-state index is 12.7. The molecule has 98 valence electrons. The third kappa shape index (κ3) is 3.99. The lowest BCUT2D eigenvalue weighted by Crippen LogP contribution is -2.38. The van der Waals surface area contributed by atoms with Crippen LogP contribution in [0.4, 0.5) is 4.39 Å². The van der Waals surface area contributed by atoms with E-state index in [9.17, 15) is 9.18 Å². The average molecular weight is 269 g/mol. The monoisotopic (exact) mass is 269 g/mol. The fourth-order valence-electron chi connectivity index (χ4n) is 1.86. The maximum atomic E-state index is 12.7. The molecule has 1 aliphatic carbocycles. The average Bonchev–Trinajstić information content (AvgIpc) is 2.32. The molecule has 0 bridgehead atoms. The largest absolute Gasteiger partial charge is 0.393 e. The molecule has 0 radical (unpaired) electrons. The van der Waals surface area contributed by atoms with Gasteiger partial charge in [-0.25, -0.2) is 4.39 Å². The zero-order valence-electron chi connectivity index (χ0n) is 9.93. The van der Waals surface area contributed by atoms with E-state index >= 15 is 0 Å². The molecule has 1 aromatic rings. The normalized spacial score (nSPS) is 22.3. The van der Waals surface area contributed by atoms with Gasteiger partial charge in [-0.2, -0.15) is 0 Å². The van der Waals surface area contributed by atoms with Crippen molar-refractivity contribution < 1.29 is 14.3 Å². The van der Waals surface area contributed by atoms with Gasteiger partial charge in [0.15, 0.2) is 0 Å². The molecule has 3 nitrogen and oxygen atoms in total. The second-order valence-electron chi connectivity index (χ2n) is 4.54. The Morgan fingerprint density at radius 1 is 1.39 bits per heavy atom. The second kappa shape index (κ2) is 6.20. The van der Waals surface area contributed by atoms with Gasteiger partial charge in [-0.15, -0.1) is 11.8 Å². The first-order valence-corrected chi connectivity index (χ1v) is 6.95. The molecule has 1 fully saturated rings. The first kappa shape index (κ1) is 13.4. The highest BCUT2D eigenvalue weighted by atomic mass is 32.2. The number of aliphatic hydroxyl groups excluding tert-OH is 1. The Labute approximate surface area is 110 Å². The van der Waals surface area contributed by atoms with Crippen LogP contribution in [0.25, 0.3) is 0 Å². The van der Waals surface area contributed by atoms with Crippen LogP contribution in [0.2, 0.25) is 0 Å². The molecule has 1 aliphatic rings. The number of carbonyl (C=O) groups is 1. The van der Waals surface area contributed by atoms with Crippen LogP contribution in [0.15, 0.2) is 29.2 Å². The number of carbonyl (C=O) groups excluding carboxylic acids is 1. The number of amides is 1. The summed E-state index contributed by atoms with van der Waals surface area (Å²) in [4.78, 5) is 12.4. The number of nitrogens with one attached hydrogen (secondary N) is 1. The molecule has 0 unspecified atom stereocenters. The van der Waals surface area contributed by atoms with Gasteiger partial charge < -0.3 is 10.4 Å². The van der Waals surface area contributed by atoms with E-state index < -0.39 is 0 Å². The molecular weight excluding hydrogens is 253 g/mol. The van der Waals surface area contributed by atoms with E-state index in [1.807, 2.05) is 0 Å². The first-order chi connectivity index (χ1) is 8.63. The van der Waals surface area contributed by atoms with Gasteiger partial charge in [-0.1, -0.05) is 0 Å². The van der Waals surface area contributed by atoms with E-state index in [-0.39, 0.29) is 17.8 Å². The van der Waals surface area contributed by atoms with E-state index in [0.29, 0.717) is 18.2 Å². The molecule has 5 heteroatoms. The maximum Gasteiger partial charge on any atom is 0.230 e.